The Hall–Kier alpha value is -1.36. The van der Waals surface area contributed by atoms with Crippen LogP contribution in [0, 0.1) is 0 Å². The fraction of sp³-hybridized carbons (Fsp3) is 0.733. The molecule has 0 fully saturated rings. The Morgan fingerprint density at radius 3 is 2.45 bits per heavy atom. The van der Waals surface area contributed by atoms with E-state index in [4.69, 9.17) is 5.11 Å². The summed E-state index contributed by atoms with van der Waals surface area (Å²) in [6, 6.07) is 2.33. The molecule has 2 N–H and O–H groups in total. The lowest BCUT2D eigenvalue weighted by atomic mass is 10.2. The molecule has 0 atom stereocenters. The van der Waals surface area contributed by atoms with Gasteiger partial charge in [0.1, 0.15) is 17.5 Å². The Bertz CT molecular complexity index is 407. The minimum absolute atomic E-state index is 0.200. The number of nitrogens with zero attached hydrogens (tertiary/aromatic N) is 3. The zero-order valence-corrected chi connectivity index (χ0v) is 13.3. The molecule has 0 aliphatic carbocycles. The van der Waals surface area contributed by atoms with Crippen molar-refractivity contribution in [2.24, 2.45) is 0 Å². The third-order valence-electron chi connectivity index (χ3n) is 3.08. The van der Waals surface area contributed by atoms with Crippen LogP contribution in [0.25, 0.3) is 0 Å². The van der Waals surface area contributed by atoms with Gasteiger partial charge in [0.05, 0.1) is 0 Å². The predicted octanol–water partition coefficient (Wildman–Crippen LogP) is 2.63. The molecular weight excluding hydrogens is 252 g/mol. The minimum Gasteiger partial charge on any atom is -0.396 e. The lowest BCUT2D eigenvalue weighted by Crippen LogP contribution is -2.33. The van der Waals surface area contributed by atoms with Crippen LogP contribution in [0.2, 0.25) is 0 Å². The number of aliphatic hydroxyl groups excluding tert-OH is 1. The van der Waals surface area contributed by atoms with Crippen LogP contribution in [0.5, 0.6) is 0 Å². The van der Waals surface area contributed by atoms with Crippen molar-refractivity contribution in [3.05, 3.63) is 11.9 Å². The standard InChI is InChI=1S/C15H28N4O/c1-6-16-13-10-14(18-15(17-13)11(2)3)19(12(4)5)8-7-9-20/h10-12,20H,6-9H2,1-5H3,(H,16,17,18). The first-order valence-corrected chi connectivity index (χ1v) is 7.49. The van der Waals surface area contributed by atoms with Crippen molar-refractivity contribution < 1.29 is 5.11 Å². The summed E-state index contributed by atoms with van der Waals surface area (Å²) in [5.74, 6) is 2.95. The van der Waals surface area contributed by atoms with Crippen LogP contribution in [-0.2, 0) is 0 Å². The normalized spacial score (nSPS) is 11.2. The van der Waals surface area contributed by atoms with Crippen molar-refractivity contribution in [1.82, 2.24) is 9.97 Å². The van der Waals surface area contributed by atoms with Crippen LogP contribution >= 0.6 is 0 Å². The Kier molecular flexibility index (Phi) is 6.71. The molecule has 1 rings (SSSR count). The van der Waals surface area contributed by atoms with Crippen LogP contribution < -0.4 is 10.2 Å². The van der Waals surface area contributed by atoms with Gasteiger partial charge in [-0.25, -0.2) is 9.97 Å². The zero-order valence-electron chi connectivity index (χ0n) is 13.3. The molecule has 0 unspecified atom stereocenters. The molecule has 0 saturated carbocycles. The van der Waals surface area contributed by atoms with E-state index in [1.54, 1.807) is 0 Å². The maximum atomic E-state index is 9.05. The van der Waals surface area contributed by atoms with Gasteiger partial charge in [-0.3, -0.25) is 0 Å². The molecule has 0 radical (unpaired) electrons. The van der Waals surface area contributed by atoms with E-state index in [1.165, 1.54) is 0 Å². The van der Waals surface area contributed by atoms with Gasteiger partial charge in [-0.1, -0.05) is 13.8 Å². The molecule has 5 heteroatoms. The molecule has 1 heterocycles. The van der Waals surface area contributed by atoms with Crippen molar-refractivity contribution >= 4 is 11.6 Å². The fourth-order valence-electron chi connectivity index (χ4n) is 2.01. The average molecular weight is 280 g/mol. The molecule has 0 amide bonds. The van der Waals surface area contributed by atoms with E-state index in [0.29, 0.717) is 12.0 Å². The fourth-order valence-corrected chi connectivity index (χ4v) is 2.01. The van der Waals surface area contributed by atoms with Crippen LogP contribution in [-0.4, -0.2) is 40.8 Å². The second kappa shape index (κ2) is 8.04. The van der Waals surface area contributed by atoms with E-state index in [0.717, 1.165) is 37.0 Å². The molecular formula is C15H28N4O. The second-order valence-corrected chi connectivity index (χ2v) is 5.52. The van der Waals surface area contributed by atoms with Crippen molar-refractivity contribution in [1.29, 1.82) is 0 Å². The van der Waals surface area contributed by atoms with Gasteiger partial charge in [-0.15, -0.1) is 0 Å². The smallest absolute Gasteiger partial charge is 0.135 e. The third-order valence-corrected chi connectivity index (χ3v) is 3.08. The topological polar surface area (TPSA) is 61.3 Å². The van der Waals surface area contributed by atoms with Crippen molar-refractivity contribution in [3.8, 4) is 0 Å². The van der Waals surface area contributed by atoms with Crippen molar-refractivity contribution in [3.63, 3.8) is 0 Å². The molecule has 5 nitrogen and oxygen atoms in total. The quantitative estimate of drug-likeness (QED) is 0.766. The first-order chi connectivity index (χ1) is 9.49. The number of hydrogen-bond donors (Lipinski definition) is 2. The number of aromatic nitrogens is 2. The Morgan fingerprint density at radius 2 is 1.95 bits per heavy atom. The number of hydrogen-bond acceptors (Lipinski definition) is 5. The van der Waals surface area contributed by atoms with Gasteiger partial charge >= 0.3 is 0 Å². The van der Waals surface area contributed by atoms with Crippen molar-refractivity contribution in [2.45, 2.75) is 53.0 Å². The van der Waals surface area contributed by atoms with Crippen LogP contribution in [0.15, 0.2) is 6.07 Å². The molecule has 20 heavy (non-hydrogen) atoms. The summed E-state index contributed by atoms with van der Waals surface area (Å²) in [7, 11) is 0. The summed E-state index contributed by atoms with van der Waals surface area (Å²) in [6.45, 7) is 12.4. The molecule has 0 aliphatic heterocycles. The van der Waals surface area contributed by atoms with Gasteiger partial charge in [0.25, 0.3) is 0 Å². The lowest BCUT2D eigenvalue weighted by Gasteiger charge is -2.28. The molecule has 0 aliphatic rings. The molecule has 1 aromatic heterocycles. The largest absolute Gasteiger partial charge is 0.396 e. The zero-order chi connectivity index (χ0) is 15.1. The van der Waals surface area contributed by atoms with Gasteiger partial charge in [-0.05, 0) is 27.2 Å². The maximum Gasteiger partial charge on any atom is 0.135 e. The Labute approximate surface area is 122 Å². The summed E-state index contributed by atoms with van der Waals surface area (Å²) < 4.78 is 0. The molecule has 0 aromatic carbocycles. The van der Waals surface area contributed by atoms with Gasteiger partial charge in [0.15, 0.2) is 0 Å². The van der Waals surface area contributed by atoms with E-state index in [2.05, 4.69) is 54.8 Å². The van der Waals surface area contributed by atoms with Gasteiger partial charge < -0.3 is 15.3 Å². The number of nitrogens with one attached hydrogen (secondary N) is 1. The van der Waals surface area contributed by atoms with Gasteiger partial charge in [0, 0.05) is 37.7 Å². The van der Waals surface area contributed by atoms with Gasteiger partial charge in [0.2, 0.25) is 0 Å². The monoisotopic (exact) mass is 280 g/mol. The van der Waals surface area contributed by atoms with E-state index >= 15 is 0 Å². The molecule has 0 bridgehead atoms. The second-order valence-electron chi connectivity index (χ2n) is 5.52. The van der Waals surface area contributed by atoms with Crippen molar-refractivity contribution in [2.75, 3.05) is 29.9 Å². The summed E-state index contributed by atoms with van der Waals surface area (Å²) in [4.78, 5) is 11.4. The SMILES string of the molecule is CCNc1cc(N(CCCO)C(C)C)nc(C(C)C)n1. The average Bonchev–Trinajstić information content (AvgIpc) is 2.39. The molecule has 114 valence electrons. The molecule has 0 saturated heterocycles. The first-order valence-electron chi connectivity index (χ1n) is 7.49. The Morgan fingerprint density at radius 1 is 1.25 bits per heavy atom. The van der Waals surface area contributed by atoms with Crippen LogP contribution in [0.4, 0.5) is 11.6 Å². The van der Waals surface area contributed by atoms with Crippen LogP contribution in [0.1, 0.15) is 52.8 Å². The summed E-state index contributed by atoms with van der Waals surface area (Å²) in [5, 5.41) is 12.3. The predicted molar refractivity (Wildman–Crippen MR) is 84.5 cm³/mol. The van der Waals surface area contributed by atoms with E-state index in [9.17, 15) is 0 Å². The third kappa shape index (κ3) is 4.63. The van der Waals surface area contributed by atoms with E-state index in [-0.39, 0.29) is 6.61 Å². The highest BCUT2D eigenvalue weighted by molar-refractivity contribution is 5.50. The summed E-state index contributed by atoms with van der Waals surface area (Å²) in [6.07, 6.45) is 0.746. The van der Waals surface area contributed by atoms with E-state index in [1.807, 2.05) is 6.07 Å². The lowest BCUT2D eigenvalue weighted by molar-refractivity contribution is 0.288. The summed E-state index contributed by atoms with van der Waals surface area (Å²) >= 11 is 0. The highest BCUT2D eigenvalue weighted by Gasteiger charge is 2.15. The van der Waals surface area contributed by atoms with Crippen LogP contribution in [0.3, 0.4) is 0 Å². The minimum atomic E-state index is 0.200. The van der Waals surface area contributed by atoms with E-state index < -0.39 is 0 Å². The molecule has 1 aromatic rings. The first kappa shape index (κ1) is 16.7. The summed E-state index contributed by atoms with van der Waals surface area (Å²) in [5.41, 5.74) is 0. The molecule has 0 spiro atoms. The highest BCUT2D eigenvalue weighted by Crippen LogP contribution is 2.21. The maximum absolute atomic E-state index is 9.05. The highest BCUT2D eigenvalue weighted by atomic mass is 16.3. The number of rotatable bonds is 8. The number of anilines is 2. The Balaban J connectivity index is 3.11. The van der Waals surface area contributed by atoms with Gasteiger partial charge in [-0.2, -0.15) is 0 Å². The number of aliphatic hydroxyl groups is 1.